The van der Waals surface area contributed by atoms with E-state index in [0.29, 0.717) is 16.1 Å². The first-order valence-electron chi connectivity index (χ1n) is 10.6. The van der Waals surface area contributed by atoms with Gasteiger partial charge < -0.3 is 20.1 Å². The molecule has 2 N–H and O–H groups in total. The first kappa shape index (κ1) is 23.1. The number of carbonyl (C=O) groups is 2. The van der Waals surface area contributed by atoms with Crippen LogP contribution in [0.3, 0.4) is 0 Å². The lowest BCUT2D eigenvalue weighted by Crippen LogP contribution is -2.29. The van der Waals surface area contributed by atoms with Crippen LogP contribution in [0.15, 0.2) is 90.3 Å². The Labute approximate surface area is 202 Å². The Morgan fingerprint density at radius 2 is 1.38 bits per heavy atom. The average molecular weight is 473 g/mol. The molecule has 34 heavy (non-hydrogen) atoms. The molecule has 1 heterocycles. The van der Waals surface area contributed by atoms with Crippen LogP contribution in [-0.2, 0) is 0 Å². The molecule has 0 atom stereocenters. The van der Waals surface area contributed by atoms with Gasteiger partial charge >= 0.3 is 0 Å². The van der Waals surface area contributed by atoms with Crippen molar-refractivity contribution in [2.75, 3.05) is 19.5 Å². The number of carbonyl (C=O) groups excluding carboxylic acids is 2. The summed E-state index contributed by atoms with van der Waals surface area (Å²) in [6, 6.07) is 25.2. The van der Waals surface area contributed by atoms with Crippen molar-refractivity contribution < 1.29 is 19.1 Å². The van der Waals surface area contributed by atoms with E-state index in [0.717, 1.165) is 22.6 Å². The normalized spacial score (nSPS) is 10.6. The largest absolute Gasteiger partial charge is 0.497 e. The molecule has 4 aromatic rings. The van der Waals surface area contributed by atoms with E-state index in [9.17, 15) is 9.59 Å². The van der Waals surface area contributed by atoms with Gasteiger partial charge in [-0.25, -0.2) is 0 Å². The molecular formula is C27H24N2O4S. The highest BCUT2D eigenvalue weighted by Gasteiger charge is 2.19. The molecule has 0 fully saturated rings. The number of nitrogens with one attached hydrogen (secondary N) is 2. The molecule has 0 unspecified atom stereocenters. The van der Waals surface area contributed by atoms with Crippen molar-refractivity contribution in [2.24, 2.45) is 0 Å². The molecule has 1 aromatic heterocycles. The molecule has 0 radical (unpaired) electrons. The molecule has 6 nitrogen and oxygen atoms in total. The van der Waals surface area contributed by atoms with Gasteiger partial charge in [0.25, 0.3) is 11.8 Å². The molecule has 2 amide bonds. The highest BCUT2D eigenvalue weighted by molar-refractivity contribution is 7.12. The summed E-state index contributed by atoms with van der Waals surface area (Å²) >= 11 is 1.36. The molecule has 3 aromatic carbocycles. The summed E-state index contributed by atoms with van der Waals surface area (Å²) in [6.07, 6.45) is 0. The smallest absolute Gasteiger partial charge is 0.265 e. The molecule has 0 aliphatic carbocycles. The van der Waals surface area contributed by atoms with Gasteiger partial charge in [0.1, 0.15) is 11.5 Å². The number of thiophene rings is 1. The predicted octanol–water partition coefficient (Wildman–Crippen LogP) is 5.54. The molecule has 0 aliphatic rings. The number of benzene rings is 3. The topological polar surface area (TPSA) is 76.7 Å². The van der Waals surface area contributed by atoms with Gasteiger partial charge in [-0.1, -0.05) is 36.4 Å². The third kappa shape index (κ3) is 5.44. The maximum atomic E-state index is 13.2. The maximum Gasteiger partial charge on any atom is 0.265 e. The van der Waals surface area contributed by atoms with Crippen molar-refractivity contribution in [1.82, 2.24) is 5.32 Å². The molecule has 172 valence electrons. The van der Waals surface area contributed by atoms with Crippen molar-refractivity contribution in [3.05, 3.63) is 112 Å². The number of anilines is 1. The molecule has 0 saturated carbocycles. The quantitative estimate of drug-likeness (QED) is 0.353. The van der Waals surface area contributed by atoms with Crippen LogP contribution in [0, 0.1) is 0 Å². The minimum Gasteiger partial charge on any atom is -0.497 e. The number of ether oxygens (including phenoxy) is 2. The van der Waals surface area contributed by atoms with Crippen molar-refractivity contribution in [3.8, 4) is 11.5 Å². The van der Waals surface area contributed by atoms with Crippen LogP contribution >= 0.6 is 11.3 Å². The standard InChI is InChI=1S/C27H24N2O4S/c1-32-22-12-8-18(9-13-22)25(19-10-14-23(33-2)15-11-19)29-26(30)20-5-3-6-21(17-20)28-27(31)24-7-4-16-34-24/h3-17,25H,1-2H3,(H,28,31)(H,29,30). The average Bonchev–Trinajstić information content (AvgIpc) is 3.43. The van der Waals surface area contributed by atoms with Gasteiger partial charge in [0, 0.05) is 11.3 Å². The van der Waals surface area contributed by atoms with E-state index in [2.05, 4.69) is 10.6 Å². The Kier molecular flexibility index (Phi) is 7.25. The monoisotopic (exact) mass is 472 g/mol. The highest BCUT2D eigenvalue weighted by Crippen LogP contribution is 2.27. The van der Waals surface area contributed by atoms with E-state index in [1.54, 1.807) is 44.6 Å². The van der Waals surface area contributed by atoms with E-state index in [1.165, 1.54) is 11.3 Å². The summed E-state index contributed by atoms with van der Waals surface area (Å²) in [6.45, 7) is 0. The number of rotatable bonds is 8. The minimum atomic E-state index is -0.395. The van der Waals surface area contributed by atoms with Gasteiger partial charge in [-0.05, 0) is 65.0 Å². The van der Waals surface area contributed by atoms with Crippen LogP contribution in [-0.4, -0.2) is 26.0 Å². The van der Waals surface area contributed by atoms with Crippen LogP contribution < -0.4 is 20.1 Å². The maximum absolute atomic E-state index is 13.2. The molecule has 0 spiro atoms. The zero-order chi connectivity index (χ0) is 23.9. The first-order chi connectivity index (χ1) is 16.6. The second kappa shape index (κ2) is 10.7. The fourth-order valence-electron chi connectivity index (χ4n) is 3.50. The van der Waals surface area contributed by atoms with Crippen LogP contribution in [0.2, 0.25) is 0 Å². The van der Waals surface area contributed by atoms with E-state index in [4.69, 9.17) is 9.47 Å². The fourth-order valence-corrected chi connectivity index (χ4v) is 4.12. The lowest BCUT2D eigenvalue weighted by Gasteiger charge is -2.21. The van der Waals surface area contributed by atoms with E-state index >= 15 is 0 Å². The van der Waals surface area contributed by atoms with Crippen LogP contribution in [0.4, 0.5) is 5.69 Å². The summed E-state index contributed by atoms with van der Waals surface area (Å²) in [5.41, 5.74) is 2.80. The number of hydrogen-bond acceptors (Lipinski definition) is 5. The summed E-state index contributed by atoms with van der Waals surface area (Å²) < 4.78 is 10.5. The van der Waals surface area contributed by atoms with Crippen molar-refractivity contribution in [2.45, 2.75) is 6.04 Å². The van der Waals surface area contributed by atoms with Gasteiger partial charge in [0.15, 0.2) is 0 Å². The second-order valence-electron chi connectivity index (χ2n) is 7.47. The summed E-state index contributed by atoms with van der Waals surface area (Å²) in [5.74, 6) is 1.00. The van der Waals surface area contributed by atoms with Gasteiger partial charge in [-0.15, -0.1) is 11.3 Å². The number of amides is 2. The predicted molar refractivity (Wildman–Crippen MR) is 134 cm³/mol. The Hall–Kier alpha value is -4.10. The molecule has 0 aliphatic heterocycles. The van der Waals surface area contributed by atoms with Gasteiger partial charge in [0.05, 0.1) is 25.1 Å². The lowest BCUT2D eigenvalue weighted by atomic mass is 9.98. The highest BCUT2D eigenvalue weighted by atomic mass is 32.1. The van der Waals surface area contributed by atoms with Gasteiger partial charge in [-0.2, -0.15) is 0 Å². The van der Waals surface area contributed by atoms with E-state index in [-0.39, 0.29) is 11.8 Å². The van der Waals surface area contributed by atoms with Crippen molar-refractivity contribution in [1.29, 1.82) is 0 Å². The number of hydrogen-bond donors (Lipinski definition) is 2. The molecule has 7 heteroatoms. The molecular weight excluding hydrogens is 448 g/mol. The van der Waals surface area contributed by atoms with E-state index < -0.39 is 6.04 Å². The summed E-state index contributed by atoms with van der Waals surface area (Å²) in [4.78, 5) is 26.2. The third-order valence-electron chi connectivity index (χ3n) is 5.30. The second-order valence-corrected chi connectivity index (χ2v) is 8.41. The summed E-state index contributed by atoms with van der Waals surface area (Å²) in [7, 11) is 3.23. The molecule has 4 rings (SSSR count). The molecule has 0 bridgehead atoms. The fraction of sp³-hybridized carbons (Fsp3) is 0.111. The van der Waals surface area contributed by atoms with Gasteiger partial charge in [-0.3, -0.25) is 9.59 Å². The Morgan fingerprint density at radius 1 is 0.765 bits per heavy atom. The lowest BCUT2D eigenvalue weighted by molar-refractivity contribution is 0.0941. The van der Waals surface area contributed by atoms with Crippen LogP contribution in [0.5, 0.6) is 11.5 Å². The van der Waals surface area contributed by atoms with Gasteiger partial charge in [0.2, 0.25) is 0 Å². The number of methoxy groups -OCH3 is 2. The zero-order valence-electron chi connectivity index (χ0n) is 18.8. The van der Waals surface area contributed by atoms with E-state index in [1.807, 2.05) is 60.0 Å². The van der Waals surface area contributed by atoms with Crippen LogP contribution in [0.25, 0.3) is 0 Å². The Balaban J connectivity index is 1.57. The zero-order valence-corrected chi connectivity index (χ0v) is 19.6. The van der Waals surface area contributed by atoms with Crippen molar-refractivity contribution >= 4 is 28.8 Å². The Morgan fingerprint density at radius 3 is 1.91 bits per heavy atom. The third-order valence-corrected chi connectivity index (χ3v) is 6.17. The Bertz CT molecular complexity index is 1210. The van der Waals surface area contributed by atoms with Crippen LogP contribution in [0.1, 0.15) is 37.2 Å². The van der Waals surface area contributed by atoms with Crippen molar-refractivity contribution in [3.63, 3.8) is 0 Å². The first-order valence-corrected chi connectivity index (χ1v) is 11.5. The minimum absolute atomic E-state index is 0.207. The molecule has 0 saturated heterocycles. The summed E-state index contributed by atoms with van der Waals surface area (Å²) in [5, 5.41) is 7.81. The SMILES string of the molecule is COc1ccc(C(NC(=O)c2cccc(NC(=O)c3cccs3)c2)c2ccc(OC)cc2)cc1.